The summed E-state index contributed by atoms with van der Waals surface area (Å²) in [6.45, 7) is 2.09. The second-order valence-corrected chi connectivity index (χ2v) is 7.01. The van der Waals surface area contributed by atoms with Gasteiger partial charge in [-0.1, -0.05) is 35.9 Å². The average Bonchev–Trinajstić information content (AvgIpc) is 2.64. The van der Waals surface area contributed by atoms with Crippen molar-refractivity contribution in [1.82, 2.24) is 5.32 Å². The van der Waals surface area contributed by atoms with Gasteiger partial charge in [-0.2, -0.15) is 0 Å². The summed E-state index contributed by atoms with van der Waals surface area (Å²) >= 11 is 1.43. The molecule has 2 rings (SSSR count). The molecular formula is C20H23NO4S. The molecule has 138 valence electrons. The van der Waals surface area contributed by atoms with Crippen molar-refractivity contribution in [2.45, 2.75) is 18.2 Å². The van der Waals surface area contributed by atoms with Gasteiger partial charge < -0.3 is 15.2 Å². The van der Waals surface area contributed by atoms with Gasteiger partial charge in [-0.25, -0.2) is 0 Å². The van der Waals surface area contributed by atoms with Crippen LogP contribution < -0.4 is 10.1 Å². The minimum atomic E-state index is -0.942. The van der Waals surface area contributed by atoms with Crippen LogP contribution in [0.3, 0.4) is 0 Å². The first-order chi connectivity index (χ1) is 12.5. The van der Waals surface area contributed by atoms with Crippen molar-refractivity contribution >= 4 is 23.6 Å². The number of carboxylic acids is 1. The van der Waals surface area contributed by atoms with Gasteiger partial charge in [0.25, 0.3) is 0 Å². The minimum Gasteiger partial charge on any atom is -0.496 e. The van der Waals surface area contributed by atoms with Crippen molar-refractivity contribution in [3.8, 4) is 5.75 Å². The van der Waals surface area contributed by atoms with Crippen LogP contribution in [0.4, 0.5) is 0 Å². The topological polar surface area (TPSA) is 75.6 Å². The molecular weight excluding hydrogens is 350 g/mol. The number of carbonyl (C=O) groups excluding carboxylic acids is 1. The fourth-order valence-corrected chi connectivity index (χ4v) is 3.18. The van der Waals surface area contributed by atoms with Gasteiger partial charge in [0.05, 0.1) is 18.8 Å². The molecule has 2 N–H and O–H groups in total. The normalized spacial score (nSPS) is 11.6. The Bertz CT molecular complexity index is 746. The number of hydrogen-bond acceptors (Lipinski definition) is 4. The molecule has 0 spiro atoms. The number of ether oxygens (including phenoxy) is 1. The predicted molar refractivity (Wildman–Crippen MR) is 103 cm³/mol. The van der Waals surface area contributed by atoms with Gasteiger partial charge in [0.1, 0.15) is 5.75 Å². The van der Waals surface area contributed by atoms with Gasteiger partial charge in [0.2, 0.25) is 5.91 Å². The van der Waals surface area contributed by atoms with E-state index in [1.54, 1.807) is 13.2 Å². The molecule has 0 fully saturated rings. The summed E-state index contributed by atoms with van der Waals surface area (Å²) in [7, 11) is 1.55. The Hall–Kier alpha value is -2.47. The van der Waals surface area contributed by atoms with Crippen LogP contribution in [-0.4, -0.2) is 36.4 Å². The molecule has 6 heteroatoms. The monoisotopic (exact) mass is 373 g/mol. The van der Waals surface area contributed by atoms with E-state index in [0.29, 0.717) is 12.2 Å². The van der Waals surface area contributed by atoms with E-state index in [-0.39, 0.29) is 18.2 Å². The number of amides is 1. The van der Waals surface area contributed by atoms with Crippen LogP contribution in [0.1, 0.15) is 11.1 Å². The van der Waals surface area contributed by atoms with E-state index in [1.165, 1.54) is 17.3 Å². The average molecular weight is 373 g/mol. The number of hydrogen-bond donors (Lipinski definition) is 2. The van der Waals surface area contributed by atoms with Crippen LogP contribution >= 0.6 is 11.8 Å². The molecule has 2 aromatic rings. The zero-order valence-electron chi connectivity index (χ0n) is 14.9. The highest BCUT2D eigenvalue weighted by atomic mass is 32.2. The lowest BCUT2D eigenvalue weighted by molar-refractivity contribution is -0.141. The minimum absolute atomic E-state index is 0.0840. The highest BCUT2D eigenvalue weighted by Gasteiger charge is 2.20. The SMILES string of the molecule is COc1ccccc1CC(CNC(=O)CSc1ccc(C)cc1)C(=O)O. The van der Waals surface area contributed by atoms with E-state index in [4.69, 9.17) is 4.74 Å². The summed E-state index contributed by atoms with van der Waals surface area (Å²) in [4.78, 5) is 24.6. The number of carboxylic acid groups (broad SMARTS) is 1. The molecule has 0 bridgehead atoms. The van der Waals surface area contributed by atoms with Crippen molar-refractivity contribution in [2.75, 3.05) is 19.4 Å². The summed E-state index contributed by atoms with van der Waals surface area (Å²) in [6.07, 6.45) is 0.296. The number of aryl methyl sites for hydroxylation is 1. The molecule has 0 radical (unpaired) electrons. The third-order valence-electron chi connectivity index (χ3n) is 3.94. The highest BCUT2D eigenvalue weighted by Crippen LogP contribution is 2.21. The van der Waals surface area contributed by atoms with Crippen molar-refractivity contribution in [2.24, 2.45) is 5.92 Å². The van der Waals surface area contributed by atoms with Crippen LogP contribution in [0.2, 0.25) is 0 Å². The van der Waals surface area contributed by atoms with Crippen molar-refractivity contribution in [1.29, 1.82) is 0 Å². The molecule has 0 heterocycles. The first kappa shape index (κ1) is 19.8. The molecule has 1 atom stereocenters. The van der Waals surface area contributed by atoms with Crippen LogP contribution in [0, 0.1) is 12.8 Å². The second-order valence-electron chi connectivity index (χ2n) is 5.96. The van der Waals surface area contributed by atoms with Crippen molar-refractivity contribution < 1.29 is 19.4 Å². The molecule has 0 aromatic heterocycles. The molecule has 0 saturated carbocycles. The fraction of sp³-hybridized carbons (Fsp3) is 0.300. The van der Waals surface area contributed by atoms with Crippen LogP contribution in [0.25, 0.3) is 0 Å². The third kappa shape index (κ3) is 6.11. The van der Waals surface area contributed by atoms with E-state index in [9.17, 15) is 14.7 Å². The largest absolute Gasteiger partial charge is 0.496 e. The Morgan fingerprint density at radius 3 is 2.50 bits per heavy atom. The standard InChI is InChI=1S/C20H23NO4S/c1-14-7-9-17(10-8-14)26-13-19(22)21-12-16(20(23)24)11-15-5-3-4-6-18(15)25-2/h3-10,16H,11-13H2,1-2H3,(H,21,22)(H,23,24). The number of para-hydroxylation sites is 1. The Kier molecular flexibility index (Phi) is 7.53. The Morgan fingerprint density at radius 2 is 1.85 bits per heavy atom. The Balaban J connectivity index is 1.86. The number of nitrogens with one attached hydrogen (secondary N) is 1. The zero-order chi connectivity index (χ0) is 18.9. The lowest BCUT2D eigenvalue weighted by atomic mass is 9.98. The van der Waals surface area contributed by atoms with E-state index in [2.05, 4.69) is 5.32 Å². The third-order valence-corrected chi connectivity index (χ3v) is 4.96. The van der Waals surface area contributed by atoms with Gasteiger partial charge in [0, 0.05) is 11.4 Å². The first-order valence-corrected chi connectivity index (χ1v) is 9.29. The summed E-state index contributed by atoms with van der Waals surface area (Å²) in [5.74, 6) is -0.923. The Morgan fingerprint density at radius 1 is 1.15 bits per heavy atom. The lowest BCUT2D eigenvalue weighted by Gasteiger charge is -2.15. The number of thioether (sulfide) groups is 1. The number of rotatable bonds is 9. The van der Waals surface area contributed by atoms with E-state index in [1.807, 2.05) is 49.4 Å². The lowest BCUT2D eigenvalue weighted by Crippen LogP contribution is -2.35. The van der Waals surface area contributed by atoms with E-state index in [0.717, 1.165) is 10.5 Å². The fourth-order valence-electron chi connectivity index (χ4n) is 2.46. The van der Waals surface area contributed by atoms with Crippen molar-refractivity contribution in [3.63, 3.8) is 0 Å². The molecule has 1 amide bonds. The maximum absolute atomic E-state index is 12.0. The molecule has 0 saturated heterocycles. The molecule has 0 aliphatic rings. The number of aliphatic carboxylic acids is 1. The smallest absolute Gasteiger partial charge is 0.308 e. The number of methoxy groups -OCH3 is 1. The van der Waals surface area contributed by atoms with Gasteiger partial charge >= 0.3 is 5.97 Å². The first-order valence-electron chi connectivity index (χ1n) is 8.30. The second kappa shape index (κ2) is 9.87. The van der Waals surface area contributed by atoms with E-state index < -0.39 is 11.9 Å². The van der Waals surface area contributed by atoms with Crippen molar-refractivity contribution in [3.05, 3.63) is 59.7 Å². The maximum atomic E-state index is 12.0. The highest BCUT2D eigenvalue weighted by molar-refractivity contribution is 8.00. The van der Waals surface area contributed by atoms with Gasteiger partial charge in [0.15, 0.2) is 0 Å². The van der Waals surface area contributed by atoms with Gasteiger partial charge in [-0.15, -0.1) is 11.8 Å². The molecule has 0 aliphatic carbocycles. The zero-order valence-corrected chi connectivity index (χ0v) is 15.7. The molecule has 1 unspecified atom stereocenters. The molecule has 0 aliphatic heterocycles. The molecule has 26 heavy (non-hydrogen) atoms. The van der Waals surface area contributed by atoms with Gasteiger partial charge in [-0.05, 0) is 37.1 Å². The summed E-state index contributed by atoms with van der Waals surface area (Å²) in [6, 6.07) is 15.2. The molecule has 2 aromatic carbocycles. The summed E-state index contributed by atoms with van der Waals surface area (Å²) < 4.78 is 5.26. The Labute approximate surface area is 157 Å². The van der Waals surface area contributed by atoms with E-state index >= 15 is 0 Å². The van der Waals surface area contributed by atoms with Crippen LogP contribution in [-0.2, 0) is 16.0 Å². The quantitative estimate of drug-likeness (QED) is 0.661. The van der Waals surface area contributed by atoms with Crippen LogP contribution in [0.15, 0.2) is 53.4 Å². The maximum Gasteiger partial charge on any atom is 0.308 e. The summed E-state index contributed by atoms with van der Waals surface area (Å²) in [5.41, 5.74) is 1.98. The van der Waals surface area contributed by atoms with Crippen LogP contribution in [0.5, 0.6) is 5.75 Å². The van der Waals surface area contributed by atoms with Gasteiger partial charge in [-0.3, -0.25) is 9.59 Å². The molecule has 5 nitrogen and oxygen atoms in total. The number of benzene rings is 2. The number of carbonyl (C=O) groups is 2. The summed E-state index contributed by atoms with van der Waals surface area (Å²) in [5, 5.41) is 12.2. The predicted octanol–water partition coefficient (Wildman–Crippen LogP) is 3.16.